The van der Waals surface area contributed by atoms with Gasteiger partial charge in [0, 0.05) is 11.1 Å². The number of ether oxygens (including phenoxy) is 1. The highest BCUT2D eigenvalue weighted by molar-refractivity contribution is 5.95. The molecular weight excluding hydrogens is 365 g/mol. The molecule has 0 radical (unpaired) electrons. The predicted octanol–water partition coefficient (Wildman–Crippen LogP) is 3.49. The Morgan fingerprint density at radius 2 is 1.82 bits per heavy atom. The molecule has 2 N–H and O–H groups in total. The van der Waals surface area contributed by atoms with E-state index in [1.54, 1.807) is 18.2 Å². The van der Waals surface area contributed by atoms with E-state index in [1.165, 1.54) is 18.4 Å². The summed E-state index contributed by atoms with van der Waals surface area (Å²) in [6.07, 6.45) is 1.25. The molecule has 0 spiro atoms. The van der Waals surface area contributed by atoms with Crippen molar-refractivity contribution < 1.29 is 28.2 Å². The summed E-state index contributed by atoms with van der Waals surface area (Å²) in [6.45, 7) is 0.00945. The van der Waals surface area contributed by atoms with E-state index in [1.807, 2.05) is 30.3 Å². The van der Waals surface area contributed by atoms with Gasteiger partial charge in [-0.2, -0.15) is 0 Å². The zero-order valence-corrected chi connectivity index (χ0v) is 14.8. The number of nitrogens with one attached hydrogen (secondary N) is 1. The Bertz CT molecular complexity index is 954. The fourth-order valence-corrected chi connectivity index (χ4v) is 2.56. The zero-order valence-electron chi connectivity index (χ0n) is 14.8. The molecule has 6 nitrogen and oxygen atoms in total. The summed E-state index contributed by atoms with van der Waals surface area (Å²) < 4.78 is 24.4. The van der Waals surface area contributed by atoms with Gasteiger partial charge in [-0.05, 0) is 17.7 Å². The quantitative estimate of drug-likeness (QED) is 0.622. The molecule has 2 aromatic carbocycles. The average molecular weight is 383 g/mol. The lowest BCUT2D eigenvalue weighted by atomic mass is 10.1. The van der Waals surface area contributed by atoms with Crippen LogP contribution in [-0.4, -0.2) is 29.6 Å². The molecule has 1 heterocycles. The van der Waals surface area contributed by atoms with Gasteiger partial charge < -0.3 is 19.6 Å². The second-order valence-corrected chi connectivity index (χ2v) is 6.04. The third kappa shape index (κ3) is 4.83. The lowest BCUT2D eigenvalue weighted by molar-refractivity contribution is -0.141. The Kier molecular flexibility index (Phi) is 6.18. The summed E-state index contributed by atoms with van der Waals surface area (Å²) in [4.78, 5) is 23.7. The van der Waals surface area contributed by atoms with Crippen LogP contribution >= 0.6 is 0 Å². The van der Waals surface area contributed by atoms with Crippen molar-refractivity contribution >= 4 is 11.9 Å². The van der Waals surface area contributed by atoms with Gasteiger partial charge >= 0.3 is 5.97 Å². The molecule has 0 saturated carbocycles. The van der Waals surface area contributed by atoms with Crippen LogP contribution in [-0.2, 0) is 16.1 Å². The van der Waals surface area contributed by atoms with Crippen LogP contribution in [0.25, 0.3) is 11.1 Å². The second-order valence-electron chi connectivity index (χ2n) is 6.04. The van der Waals surface area contributed by atoms with Gasteiger partial charge in [0.15, 0.2) is 11.8 Å². The minimum Gasteiger partial charge on any atom is -0.480 e. The Balaban J connectivity index is 1.61. The normalized spacial score (nSPS) is 11.8. The Hall–Kier alpha value is -3.45. The highest BCUT2D eigenvalue weighted by Gasteiger charge is 2.23. The van der Waals surface area contributed by atoms with Crippen molar-refractivity contribution in [2.75, 3.05) is 6.61 Å². The number of aliphatic carboxylic acids is 1. The van der Waals surface area contributed by atoms with Crippen molar-refractivity contribution in [3.63, 3.8) is 0 Å². The minimum atomic E-state index is -1.25. The smallest absolute Gasteiger partial charge is 0.328 e. The number of hydrogen-bond acceptors (Lipinski definition) is 4. The van der Waals surface area contributed by atoms with Gasteiger partial charge in [0.2, 0.25) is 0 Å². The summed E-state index contributed by atoms with van der Waals surface area (Å²) in [6, 6.07) is 15.4. The van der Waals surface area contributed by atoms with Crippen LogP contribution in [0.3, 0.4) is 0 Å². The first-order valence-electron chi connectivity index (χ1n) is 8.53. The van der Waals surface area contributed by atoms with Gasteiger partial charge in [-0.25, -0.2) is 9.18 Å². The van der Waals surface area contributed by atoms with E-state index in [0.717, 1.165) is 5.56 Å². The van der Waals surface area contributed by atoms with E-state index >= 15 is 0 Å². The predicted molar refractivity (Wildman–Crippen MR) is 99.1 cm³/mol. The van der Waals surface area contributed by atoms with Gasteiger partial charge in [0.05, 0.1) is 19.5 Å². The molecule has 1 aromatic heterocycles. The van der Waals surface area contributed by atoms with Gasteiger partial charge in [0.1, 0.15) is 5.82 Å². The lowest BCUT2D eigenvalue weighted by Gasteiger charge is -2.14. The van der Waals surface area contributed by atoms with Crippen LogP contribution in [0.4, 0.5) is 4.39 Å². The number of amides is 1. The van der Waals surface area contributed by atoms with Gasteiger partial charge in [-0.1, -0.05) is 48.5 Å². The maximum atomic E-state index is 13.8. The molecule has 1 atom stereocenters. The fraction of sp³-hybridized carbons (Fsp3) is 0.143. The number of furan rings is 1. The number of rotatable bonds is 8. The van der Waals surface area contributed by atoms with Crippen LogP contribution in [0.1, 0.15) is 16.1 Å². The Morgan fingerprint density at radius 3 is 2.54 bits per heavy atom. The number of carboxylic acids is 1. The van der Waals surface area contributed by atoms with Crippen LogP contribution in [0.5, 0.6) is 0 Å². The van der Waals surface area contributed by atoms with Crippen molar-refractivity contribution in [3.05, 3.63) is 84.1 Å². The molecule has 0 fully saturated rings. The molecule has 0 aliphatic heterocycles. The molecule has 0 aliphatic carbocycles. The number of hydrogen-bond donors (Lipinski definition) is 2. The molecule has 0 aliphatic rings. The summed E-state index contributed by atoms with van der Waals surface area (Å²) in [5, 5.41) is 11.7. The van der Waals surface area contributed by atoms with Crippen LogP contribution in [0.15, 0.2) is 71.3 Å². The minimum absolute atomic E-state index is 0.118. The van der Waals surface area contributed by atoms with Crippen LogP contribution < -0.4 is 5.32 Å². The van der Waals surface area contributed by atoms with Crippen LogP contribution in [0.2, 0.25) is 0 Å². The number of carboxylic acid groups (broad SMARTS) is 1. The lowest BCUT2D eigenvalue weighted by Crippen LogP contribution is -2.43. The first kappa shape index (κ1) is 19.3. The maximum Gasteiger partial charge on any atom is 0.328 e. The van der Waals surface area contributed by atoms with Crippen molar-refractivity contribution in [2.45, 2.75) is 12.6 Å². The molecular formula is C21H18FNO5. The summed E-state index contributed by atoms with van der Waals surface area (Å²) in [7, 11) is 0. The highest BCUT2D eigenvalue weighted by Crippen LogP contribution is 2.24. The standard InChI is InChI=1S/C21H18FNO5/c22-17-9-5-4-8-16(17)15-10-19(28-12-15)20(24)23-18(21(25)26)13-27-11-14-6-2-1-3-7-14/h1-10,12,18H,11,13H2,(H,23,24)(H,25,26)/t18-/m0/s1. The second kappa shape index (κ2) is 8.96. The topological polar surface area (TPSA) is 88.8 Å². The van der Waals surface area contributed by atoms with Crippen LogP contribution in [0, 0.1) is 5.82 Å². The molecule has 0 unspecified atom stereocenters. The van der Waals surface area contributed by atoms with Crippen molar-refractivity contribution in [3.8, 4) is 11.1 Å². The van der Waals surface area contributed by atoms with E-state index in [4.69, 9.17) is 9.15 Å². The summed E-state index contributed by atoms with van der Waals surface area (Å²) >= 11 is 0. The molecule has 28 heavy (non-hydrogen) atoms. The van der Waals surface area contributed by atoms with E-state index < -0.39 is 23.7 Å². The Morgan fingerprint density at radius 1 is 1.11 bits per heavy atom. The third-order valence-electron chi connectivity index (χ3n) is 4.01. The number of benzene rings is 2. The molecule has 0 saturated heterocycles. The molecule has 3 rings (SSSR count). The van der Waals surface area contributed by atoms with Gasteiger partial charge in [-0.3, -0.25) is 4.79 Å². The van der Waals surface area contributed by atoms with E-state index in [-0.39, 0.29) is 24.5 Å². The summed E-state index contributed by atoms with van der Waals surface area (Å²) in [5.41, 5.74) is 1.56. The zero-order chi connectivity index (χ0) is 19.9. The van der Waals surface area contributed by atoms with E-state index in [9.17, 15) is 19.1 Å². The molecule has 144 valence electrons. The first-order chi connectivity index (χ1) is 13.5. The van der Waals surface area contributed by atoms with Crippen molar-refractivity contribution in [1.29, 1.82) is 0 Å². The van der Waals surface area contributed by atoms with E-state index in [2.05, 4.69) is 5.32 Å². The average Bonchev–Trinajstić information content (AvgIpc) is 3.18. The monoisotopic (exact) mass is 383 g/mol. The van der Waals surface area contributed by atoms with Crippen molar-refractivity contribution in [1.82, 2.24) is 5.32 Å². The summed E-state index contributed by atoms with van der Waals surface area (Å²) in [5.74, 6) is -2.53. The number of carbonyl (C=O) groups excluding carboxylic acids is 1. The highest BCUT2D eigenvalue weighted by atomic mass is 19.1. The molecule has 0 bridgehead atoms. The molecule has 1 amide bonds. The number of halogens is 1. The largest absolute Gasteiger partial charge is 0.480 e. The molecule has 7 heteroatoms. The number of carbonyl (C=O) groups is 2. The van der Waals surface area contributed by atoms with E-state index in [0.29, 0.717) is 5.56 Å². The third-order valence-corrected chi connectivity index (χ3v) is 4.01. The van der Waals surface area contributed by atoms with Gasteiger partial charge in [-0.15, -0.1) is 0 Å². The Labute approximate surface area is 160 Å². The molecule has 3 aromatic rings. The van der Waals surface area contributed by atoms with Crippen molar-refractivity contribution in [2.24, 2.45) is 0 Å². The SMILES string of the molecule is O=C(N[C@@H](COCc1ccccc1)C(=O)O)c1cc(-c2ccccc2F)co1. The van der Waals surface area contributed by atoms with Gasteiger partial charge in [0.25, 0.3) is 5.91 Å². The maximum absolute atomic E-state index is 13.8. The first-order valence-corrected chi connectivity index (χ1v) is 8.53. The fourth-order valence-electron chi connectivity index (χ4n) is 2.56.